The highest BCUT2D eigenvalue weighted by Crippen LogP contribution is 2.35. The molecule has 1 unspecified atom stereocenters. The van der Waals surface area contributed by atoms with Gasteiger partial charge in [0.15, 0.2) is 0 Å². The van der Waals surface area contributed by atoms with Crippen LogP contribution in [0.4, 0.5) is 0 Å². The standard InChI is InChI=1S/C9H9Br2NO3/c10-5-1-4(2-6(11)9(5)15)7(12)3-8(13)14/h1-2,7,15H,3,12H2,(H,13,14). The minimum atomic E-state index is -0.956. The van der Waals surface area contributed by atoms with Crippen LogP contribution in [0.3, 0.4) is 0 Å². The van der Waals surface area contributed by atoms with Crippen LogP contribution in [-0.4, -0.2) is 16.2 Å². The van der Waals surface area contributed by atoms with Gasteiger partial charge >= 0.3 is 5.97 Å². The van der Waals surface area contributed by atoms with E-state index in [1.54, 1.807) is 12.1 Å². The van der Waals surface area contributed by atoms with Crippen molar-refractivity contribution in [2.75, 3.05) is 0 Å². The predicted octanol–water partition coefficient (Wildman–Crippen LogP) is 2.39. The predicted molar refractivity (Wildman–Crippen MR) is 62.7 cm³/mol. The molecule has 0 radical (unpaired) electrons. The molecular weight excluding hydrogens is 330 g/mol. The quantitative estimate of drug-likeness (QED) is 0.790. The van der Waals surface area contributed by atoms with Crippen molar-refractivity contribution >= 4 is 37.8 Å². The van der Waals surface area contributed by atoms with E-state index < -0.39 is 12.0 Å². The van der Waals surface area contributed by atoms with Crippen molar-refractivity contribution in [2.24, 2.45) is 5.73 Å². The highest BCUT2D eigenvalue weighted by Gasteiger charge is 2.14. The third kappa shape index (κ3) is 3.19. The summed E-state index contributed by atoms with van der Waals surface area (Å²) in [6.45, 7) is 0. The smallest absolute Gasteiger partial charge is 0.305 e. The molecule has 1 rings (SSSR count). The summed E-state index contributed by atoms with van der Waals surface area (Å²) < 4.78 is 0.959. The maximum absolute atomic E-state index is 10.5. The zero-order chi connectivity index (χ0) is 11.6. The first kappa shape index (κ1) is 12.5. The Morgan fingerprint density at radius 2 is 1.87 bits per heavy atom. The second-order valence-electron chi connectivity index (χ2n) is 3.04. The fourth-order valence-corrected chi connectivity index (χ4v) is 2.33. The number of carbonyl (C=O) groups is 1. The van der Waals surface area contributed by atoms with Crippen molar-refractivity contribution in [3.63, 3.8) is 0 Å². The molecule has 15 heavy (non-hydrogen) atoms. The Morgan fingerprint density at radius 1 is 1.40 bits per heavy atom. The molecule has 0 fully saturated rings. The van der Waals surface area contributed by atoms with E-state index in [0.29, 0.717) is 14.5 Å². The van der Waals surface area contributed by atoms with Crippen LogP contribution in [0, 0.1) is 0 Å². The number of phenols is 1. The lowest BCUT2D eigenvalue weighted by atomic mass is 10.0. The summed E-state index contributed by atoms with van der Waals surface area (Å²) >= 11 is 6.30. The molecule has 4 nitrogen and oxygen atoms in total. The Hall–Kier alpha value is -0.590. The van der Waals surface area contributed by atoms with Gasteiger partial charge in [-0.3, -0.25) is 4.79 Å². The highest BCUT2D eigenvalue weighted by molar-refractivity contribution is 9.11. The minimum absolute atomic E-state index is 0.0706. The molecule has 0 heterocycles. The first-order valence-electron chi connectivity index (χ1n) is 4.07. The lowest BCUT2D eigenvalue weighted by Crippen LogP contribution is -2.14. The molecule has 0 spiro atoms. The number of hydrogen-bond donors (Lipinski definition) is 3. The van der Waals surface area contributed by atoms with Gasteiger partial charge in [0, 0.05) is 6.04 Å². The number of halogens is 2. The summed E-state index contributed by atoms with van der Waals surface area (Å²) in [4.78, 5) is 10.5. The van der Waals surface area contributed by atoms with Gasteiger partial charge in [0.1, 0.15) is 5.75 Å². The van der Waals surface area contributed by atoms with Gasteiger partial charge in [0.25, 0.3) is 0 Å². The minimum Gasteiger partial charge on any atom is -0.506 e. The summed E-state index contributed by atoms with van der Waals surface area (Å²) in [6, 6.07) is 2.62. The number of phenolic OH excluding ortho intramolecular Hbond substituents is 1. The number of benzene rings is 1. The van der Waals surface area contributed by atoms with Gasteiger partial charge in [-0.2, -0.15) is 0 Å². The first-order valence-corrected chi connectivity index (χ1v) is 5.65. The van der Waals surface area contributed by atoms with Crippen LogP contribution >= 0.6 is 31.9 Å². The highest BCUT2D eigenvalue weighted by atomic mass is 79.9. The van der Waals surface area contributed by atoms with Gasteiger partial charge in [-0.15, -0.1) is 0 Å². The van der Waals surface area contributed by atoms with Crippen molar-refractivity contribution in [1.82, 2.24) is 0 Å². The Labute approximate surface area is 103 Å². The lowest BCUT2D eigenvalue weighted by Gasteiger charge is -2.11. The Balaban J connectivity index is 3.00. The molecule has 1 aromatic carbocycles. The van der Waals surface area contributed by atoms with Crippen molar-refractivity contribution < 1.29 is 15.0 Å². The number of aliphatic carboxylic acids is 1. The number of hydrogen-bond acceptors (Lipinski definition) is 3. The topological polar surface area (TPSA) is 83.6 Å². The van der Waals surface area contributed by atoms with Crippen LogP contribution in [0.2, 0.25) is 0 Å². The van der Waals surface area contributed by atoms with Gasteiger partial charge in [0.2, 0.25) is 0 Å². The fourth-order valence-electron chi connectivity index (χ4n) is 1.11. The van der Waals surface area contributed by atoms with Crippen LogP contribution in [0.25, 0.3) is 0 Å². The van der Waals surface area contributed by atoms with E-state index in [-0.39, 0.29) is 12.2 Å². The number of carboxylic acid groups (broad SMARTS) is 1. The van der Waals surface area contributed by atoms with Crippen LogP contribution in [0.5, 0.6) is 5.75 Å². The second-order valence-corrected chi connectivity index (χ2v) is 4.75. The van der Waals surface area contributed by atoms with Crippen LogP contribution < -0.4 is 5.73 Å². The summed E-state index contributed by atoms with van der Waals surface area (Å²) in [5.74, 6) is -0.885. The van der Waals surface area contributed by atoms with E-state index in [2.05, 4.69) is 31.9 Å². The van der Waals surface area contributed by atoms with Crippen LogP contribution in [-0.2, 0) is 4.79 Å². The number of carboxylic acids is 1. The normalized spacial score (nSPS) is 12.5. The molecule has 0 aromatic heterocycles. The molecule has 0 aliphatic carbocycles. The van der Waals surface area contributed by atoms with Crippen molar-refractivity contribution in [1.29, 1.82) is 0 Å². The molecule has 1 atom stereocenters. The number of aromatic hydroxyl groups is 1. The van der Waals surface area contributed by atoms with E-state index in [1.807, 2.05) is 0 Å². The average molecular weight is 339 g/mol. The molecular formula is C9H9Br2NO3. The summed E-state index contributed by atoms with van der Waals surface area (Å²) in [7, 11) is 0. The lowest BCUT2D eigenvalue weighted by molar-refractivity contribution is -0.137. The van der Waals surface area contributed by atoms with Gasteiger partial charge in [-0.25, -0.2) is 0 Å². The first-order chi connectivity index (χ1) is 6.91. The fraction of sp³-hybridized carbons (Fsp3) is 0.222. The Morgan fingerprint density at radius 3 is 2.27 bits per heavy atom. The van der Waals surface area contributed by atoms with E-state index in [0.717, 1.165) is 0 Å². The van der Waals surface area contributed by atoms with E-state index in [4.69, 9.17) is 10.8 Å². The monoisotopic (exact) mass is 337 g/mol. The SMILES string of the molecule is NC(CC(=O)O)c1cc(Br)c(O)c(Br)c1. The molecule has 4 N–H and O–H groups in total. The van der Waals surface area contributed by atoms with E-state index >= 15 is 0 Å². The van der Waals surface area contributed by atoms with Gasteiger partial charge in [-0.05, 0) is 49.6 Å². The molecule has 1 aromatic rings. The second kappa shape index (κ2) is 4.96. The Bertz CT molecular complexity index is 372. The molecule has 0 amide bonds. The van der Waals surface area contributed by atoms with Gasteiger partial charge in [0.05, 0.1) is 15.4 Å². The van der Waals surface area contributed by atoms with Crippen molar-refractivity contribution in [3.05, 3.63) is 26.6 Å². The third-order valence-electron chi connectivity index (χ3n) is 1.86. The largest absolute Gasteiger partial charge is 0.506 e. The summed E-state index contributed by atoms with van der Waals surface area (Å²) in [6.07, 6.45) is -0.149. The van der Waals surface area contributed by atoms with Crippen molar-refractivity contribution in [2.45, 2.75) is 12.5 Å². The van der Waals surface area contributed by atoms with Crippen molar-refractivity contribution in [3.8, 4) is 5.75 Å². The van der Waals surface area contributed by atoms with Crippen LogP contribution in [0.1, 0.15) is 18.0 Å². The van der Waals surface area contributed by atoms with Gasteiger partial charge < -0.3 is 15.9 Å². The molecule has 6 heteroatoms. The van der Waals surface area contributed by atoms with E-state index in [1.165, 1.54) is 0 Å². The number of nitrogens with two attached hydrogens (primary N) is 1. The molecule has 0 aliphatic rings. The third-order valence-corrected chi connectivity index (χ3v) is 3.07. The zero-order valence-corrected chi connectivity index (χ0v) is 10.7. The summed E-state index contributed by atoms with van der Waals surface area (Å²) in [5.41, 5.74) is 6.33. The van der Waals surface area contributed by atoms with Gasteiger partial charge in [-0.1, -0.05) is 0 Å². The molecule has 0 bridgehead atoms. The maximum atomic E-state index is 10.5. The molecule has 82 valence electrons. The average Bonchev–Trinajstić information content (AvgIpc) is 2.12. The Kier molecular flexibility index (Phi) is 4.12. The zero-order valence-electron chi connectivity index (χ0n) is 7.58. The summed E-state index contributed by atoms with van der Waals surface area (Å²) in [5, 5.41) is 18.0. The molecule has 0 saturated carbocycles. The maximum Gasteiger partial charge on any atom is 0.305 e. The van der Waals surface area contributed by atoms with E-state index in [9.17, 15) is 9.90 Å². The molecule has 0 saturated heterocycles. The molecule has 0 aliphatic heterocycles. The number of rotatable bonds is 3. The van der Waals surface area contributed by atoms with Crippen LogP contribution in [0.15, 0.2) is 21.1 Å².